The van der Waals surface area contributed by atoms with E-state index in [0.717, 1.165) is 51.1 Å². The molecule has 1 aliphatic heterocycles. The van der Waals surface area contributed by atoms with Gasteiger partial charge >= 0.3 is 0 Å². The van der Waals surface area contributed by atoms with E-state index in [1.165, 1.54) is 6.07 Å². The maximum absolute atomic E-state index is 13.9. The van der Waals surface area contributed by atoms with Crippen molar-refractivity contribution in [1.29, 1.82) is 0 Å². The predicted octanol–water partition coefficient (Wildman–Crippen LogP) is 6.41. The zero-order chi connectivity index (χ0) is 27.2. The lowest BCUT2D eigenvalue weighted by atomic mass is 9.96. The third kappa shape index (κ3) is 5.48. The van der Waals surface area contributed by atoms with Crippen LogP contribution in [0.5, 0.6) is 0 Å². The van der Waals surface area contributed by atoms with Crippen molar-refractivity contribution in [3.8, 4) is 12.3 Å². The van der Waals surface area contributed by atoms with E-state index in [-0.39, 0.29) is 11.5 Å². The summed E-state index contributed by atoms with van der Waals surface area (Å²) in [5, 5.41) is 10.6. The molecule has 0 amide bonds. The lowest BCUT2D eigenvalue weighted by Gasteiger charge is -2.24. The van der Waals surface area contributed by atoms with E-state index >= 15 is 0 Å². The highest BCUT2D eigenvalue weighted by molar-refractivity contribution is 14.1. The molecule has 0 unspecified atom stereocenters. The van der Waals surface area contributed by atoms with Crippen LogP contribution in [0.1, 0.15) is 56.5 Å². The van der Waals surface area contributed by atoms with Crippen LogP contribution in [-0.4, -0.2) is 27.6 Å². The van der Waals surface area contributed by atoms with E-state index in [2.05, 4.69) is 85.9 Å². The molecule has 3 aromatic rings. The van der Waals surface area contributed by atoms with E-state index < -0.39 is 5.95 Å². The fraction of sp³-hybridized carbons (Fsp3) is 0.357. The van der Waals surface area contributed by atoms with Crippen molar-refractivity contribution in [3.63, 3.8) is 0 Å². The summed E-state index contributed by atoms with van der Waals surface area (Å²) in [5.41, 5.74) is 12.0. The van der Waals surface area contributed by atoms with Gasteiger partial charge in [0, 0.05) is 41.1 Å². The number of nitrogens with zero attached hydrogens (tertiary/aromatic N) is 3. The molecule has 198 valence electrons. The molecule has 38 heavy (non-hydrogen) atoms. The molecule has 3 heterocycles. The Labute approximate surface area is 241 Å². The molecular weight excluding hydrogens is 616 g/mol. The number of hydrogen-bond acceptors (Lipinski definition) is 7. The van der Waals surface area contributed by atoms with Crippen LogP contribution < -0.4 is 21.6 Å². The summed E-state index contributed by atoms with van der Waals surface area (Å²) in [5.74, 6) is 2.24. The summed E-state index contributed by atoms with van der Waals surface area (Å²) in [7, 11) is 0. The molecule has 0 radical (unpaired) electrons. The molecule has 4 N–H and O–H groups in total. The van der Waals surface area contributed by atoms with E-state index in [1.807, 2.05) is 19.1 Å². The van der Waals surface area contributed by atoms with Crippen molar-refractivity contribution >= 4 is 56.5 Å². The van der Waals surface area contributed by atoms with E-state index in [4.69, 9.17) is 18.0 Å². The topological polar surface area (TPSA) is 77.1 Å². The first kappa shape index (κ1) is 26.8. The maximum atomic E-state index is 13.9. The van der Waals surface area contributed by atoms with E-state index in [9.17, 15) is 4.39 Å². The van der Waals surface area contributed by atoms with Gasteiger partial charge in [-0.05, 0) is 66.0 Å². The number of benzene rings is 1. The molecule has 5 rings (SSSR count). The van der Waals surface area contributed by atoms with Crippen LogP contribution in [0.15, 0.2) is 39.9 Å². The Morgan fingerprint density at radius 2 is 2.08 bits per heavy atom. The summed E-state index contributed by atoms with van der Waals surface area (Å²) in [6.07, 6.45) is 9.79. The Bertz CT molecular complexity index is 1470. The Hall–Kier alpha value is -2.81. The Morgan fingerprint density at radius 1 is 1.32 bits per heavy atom. The zero-order valence-electron chi connectivity index (χ0n) is 21.7. The standard InChI is InChI=1S/C28H30ClFIN7/c1-6-16-13-32-24-20(23(16)33-14-28(3,4)5)11-17(12-21(24)29)35-25(19-9-10-22(30)34-15(19)2)26-27(31)38(37-36-26)18-7-8-18/h1,9-13,18,25,35-37H,7-8,14H2,2-5H3,(H,32,33)/t25-/m0/s1. The third-order valence-corrected chi connectivity index (χ3v) is 7.92. The van der Waals surface area contributed by atoms with Gasteiger partial charge < -0.3 is 16.1 Å². The SMILES string of the molecule is C#Cc1cnc2c(Cl)cc(N[C@H](C3=C(I)N(C4CC4)NN3)c3ccc(F)nc3C)cc2c1NCC(C)(C)C. The quantitative estimate of drug-likeness (QED) is 0.102. The molecule has 1 atom stereocenters. The van der Waals surface area contributed by atoms with Gasteiger partial charge in [0.05, 0.1) is 33.5 Å². The first-order valence-corrected chi connectivity index (χ1v) is 13.9. The highest BCUT2D eigenvalue weighted by Crippen LogP contribution is 2.40. The second-order valence-electron chi connectivity index (χ2n) is 10.9. The number of aryl methyl sites for hydroxylation is 1. The molecule has 1 fully saturated rings. The molecule has 1 saturated carbocycles. The van der Waals surface area contributed by atoms with Crippen molar-refractivity contribution in [2.45, 2.75) is 52.6 Å². The molecule has 10 heteroatoms. The van der Waals surface area contributed by atoms with Crippen molar-refractivity contribution in [2.24, 2.45) is 5.41 Å². The van der Waals surface area contributed by atoms with Crippen LogP contribution in [-0.2, 0) is 0 Å². The van der Waals surface area contributed by atoms with Gasteiger partial charge in [-0.2, -0.15) is 4.39 Å². The number of terminal acetylenes is 1. The predicted molar refractivity (Wildman–Crippen MR) is 160 cm³/mol. The van der Waals surface area contributed by atoms with Crippen molar-refractivity contribution < 1.29 is 4.39 Å². The number of nitrogens with one attached hydrogen (secondary N) is 4. The number of hydrazine groups is 2. The lowest BCUT2D eigenvalue weighted by molar-refractivity contribution is 0.257. The minimum Gasteiger partial charge on any atom is -0.383 e. The first-order valence-electron chi connectivity index (χ1n) is 12.5. The monoisotopic (exact) mass is 645 g/mol. The lowest BCUT2D eigenvalue weighted by Crippen LogP contribution is -2.39. The highest BCUT2D eigenvalue weighted by Gasteiger charge is 2.37. The Morgan fingerprint density at radius 3 is 2.74 bits per heavy atom. The van der Waals surface area contributed by atoms with Crippen LogP contribution in [0.4, 0.5) is 15.8 Å². The van der Waals surface area contributed by atoms with Crippen LogP contribution >= 0.6 is 34.2 Å². The van der Waals surface area contributed by atoms with Gasteiger partial charge in [0.25, 0.3) is 0 Å². The fourth-order valence-electron chi connectivity index (χ4n) is 4.44. The molecule has 1 aromatic carbocycles. The smallest absolute Gasteiger partial charge is 0.213 e. The van der Waals surface area contributed by atoms with Crippen LogP contribution in [0, 0.1) is 30.6 Å². The number of pyridine rings is 2. The summed E-state index contributed by atoms with van der Waals surface area (Å²) in [4.78, 5) is 8.64. The molecule has 2 aliphatic rings. The third-order valence-electron chi connectivity index (χ3n) is 6.54. The fourth-order valence-corrected chi connectivity index (χ4v) is 5.67. The van der Waals surface area contributed by atoms with Gasteiger partial charge in [0.1, 0.15) is 3.70 Å². The van der Waals surface area contributed by atoms with Gasteiger partial charge in [0.2, 0.25) is 5.95 Å². The van der Waals surface area contributed by atoms with Gasteiger partial charge in [-0.15, -0.1) is 12.0 Å². The molecule has 7 nitrogen and oxygen atoms in total. The normalized spacial score (nSPS) is 16.4. The molecule has 0 spiro atoms. The van der Waals surface area contributed by atoms with Gasteiger partial charge in [-0.1, -0.05) is 44.4 Å². The number of anilines is 2. The van der Waals surface area contributed by atoms with E-state index in [0.29, 0.717) is 27.8 Å². The zero-order valence-corrected chi connectivity index (χ0v) is 24.6. The Balaban J connectivity index is 1.60. The second kappa shape index (κ2) is 10.4. The minimum atomic E-state index is -0.512. The molecule has 0 bridgehead atoms. The molecule has 0 saturated heterocycles. The number of fused-ring (bicyclic) bond motifs is 1. The number of hydrogen-bond donors (Lipinski definition) is 4. The van der Waals surface area contributed by atoms with Crippen LogP contribution in [0.25, 0.3) is 10.9 Å². The minimum absolute atomic E-state index is 0.0387. The molecular formula is C28H30ClFIN7. The number of aromatic nitrogens is 2. The number of halogens is 3. The van der Waals surface area contributed by atoms with Crippen LogP contribution in [0.2, 0.25) is 5.02 Å². The average molecular weight is 646 g/mol. The summed E-state index contributed by atoms with van der Waals surface area (Å²) < 4.78 is 15.0. The first-order chi connectivity index (χ1) is 18.1. The van der Waals surface area contributed by atoms with Crippen molar-refractivity contribution in [1.82, 2.24) is 25.9 Å². The Kier molecular flexibility index (Phi) is 7.33. The van der Waals surface area contributed by atoms with Crippen LogP contribution in [0.3, 0.4) is 0 Å². The number of rotatable bonds is 7. The molecule has 2 aromatic heterocycles. The molecule has 1 aliphatic carbocycles. The summed E-state index contributed by atoms with van der Waals surface area (Å²) in [6.45, 7) is 9.01. The van der Waals surface area contributed by atoms with Crippen molar-refractivity contribution in [2.75, 3.05) is 17.2 Å². The van der Waals surface area contributed by atoms with Crippen molar-refractivity contribution in [3.05, 3.63) is 67.7 Å². The maximum Gasteiger partial charge on any atom is 0.213 e. The highest BCUT2D eigenvalue weighted by atomic mass is 127. The van der Waals surface area contributed by atoms with E-state index in [1.54, 1.807) is 12.3 Å². The van der Waals surface area contributed by atoms with Gasteiger partial charge in [0.15, 0.2) is 0 Å². The summed E-state index contributed by atoms with van der Waals surface area (Å²) in [6, 6.07) is 7.12. The average Bonchev–Trinajstić information content (AvgIpc) is 3.62. The largest absolute Gasteiger partial charge is 0.383 e. The summed E-state index contributed by atoms with van der Waals surface area (Å²) >= 11 is 9.12. The van der Waals surface area contributed by atoms with Gasteiger partial charge in [-0.3, -0.25) is 9.99 Å². The van der Waals surface area contributed by atoms with Gasteiger partial charge in [-0.25, -0.2) is 4.98 Å². The second-order valence-corrected chi connectivity index (χ2v) is 12.3.